The highest BCUT2D eigenvalue weighted by molar-refractivity contribution is 4.86. The van der Waals surface area contributed by atoms with Gasteiger partial charge in [0.2, 0.25) is 0 Å². The van der Waals surface area contributed by atoms with Crippen molar-refractivity contribution >= 4 is 0 Å². The molecule has 0 bridgehead atoms. The maximum absolute atomic E-state index is 5.13. The van der Waals surface area contributed by atoms with Crippen molar-refractivity contribution in [2.24, 2.45) is 0 Å². The summed E-state index contributed by atoms with van der Waals surface area (Å²) in [5.74, 6) is 2.56. The molecule has 0 aromatic rings. The highest BCUT2D eigenvalue weighted by Gasteiger charge is 2.19. The van der Waals surface area contributed by atoms with Gasteiger partial charge in [-0.15, -0.1) is 6.42 Å². The molecule has 0 aliphatic carbocycles. The Hall–Kier alpha value is -0.520. The van der Waals surface area contributed by atoms with E-state index < -0.39 is 0 Å². The van der Waals surface area contributed by atoms with Crippen molar-refractivity contribution in [3.8, 4) is 12.3 Å². The van der Waals surface area contributed by atoms with Gasteiger partial charge in [0.15, 0.2) is 0 Å². The van der Waals surface area contributed by atoms with Crippen LogP contribution in [0.3, 0.4) is 0 Å². The average Bonchev–Trinajstić information content (AvgIpc) is 2.12. The van der Waals surface area contributed by atoms with Crippen LogP contribution in [-0.4, -0.2) is 37.1 Å². The minimum absolute atomic E-state index is 0.290. The summed E-state index contributed by atoms with van der Waals surface area (Å²) in [5.41, 5.74) is 0.290. The predicted molar refractivity (Wildman–Crippen MR) is 58.7 cm³/mol. The molecule has 0 saturated heterocycles. The molecule has 0 spiro atoms. The van der Waals surface area contributed by atoms with Crippen LogP contribution in [0, 0.1) is 12.3 Å². The van der Waals surface area contributed by atoms with Crippen LogP contribution in [0.5, 0.6) is 0 Å². The SMILES string of the molecule is C#CCNCCN(C)C(C)(C)CC. The van der Waals surface area contributed by atoms with Crippen LogP contribution < -0.4 is 5.32 Å². The van der Waals surface area contributed by atoms with Crippen molar-refractivity contribution in [3.63, 3.8) is 0 Å². The van der Waals surface area contributed by atoms with Crippen molar-refractivity contribution in [3.05, 3.63) is 0 Å². The second kappa shape index (κ2) is 6.01. The van der Waals surface area contributed by atoms with Gasteiger partial charge in [0.05, 0.1) is 6.54 Å². The molecule has 0 aliphatic heterocycles. The first-order valence-electron chi connectivity index (χ1n) is 4.90. The van der Waals surface area contributed by atoms with Crippen LogP contribution in [0.2, 0.25) is 0 Å². The quantitative estimate of drug-likeness (QED) is 0.492. The predicted octanol–water partition coefficient (Wildman–Crippen LogP) is 1.33. The molecule has 1 N–H and O–H groups in total. The van der Waals surface area contributed by atoms with Crippen LogP contribution in [-0.2, 0) is 0 Å². The molecule has 0 aromatic carbocycles. The molecule has 2 nitrogen and oxygen atoms in total. The van der Waals surface area contributed by atoms with E-state index in [2.05, 4.69) is 44.0 Å². The van der Waals surface area contributed by atoms with E-state index in [1.807, 2.05) is 0 Å². The first-order valence-corrected chi connectivity index (χ1v) is 4.90. The van der Waals surface area contributed by atoms with Gasteiger partial charge in [-0.3, -0.25) is 4.90 Å². The van der Waals surface area contributed by atoms with Crippen LogP contribution >= 0.6 is 0 Å². The molecule has 0 unspecified atom stereocenters. The molecule has 0 rings (SSSR count). The highest BCUT2D eigenvalue weighted by Crippen LogP contribution is 2.14. The fourth-order valence-electron chi connectivity index (χ4n) is 0.980. The van der Waals surface area contributed by atoms with Gasteiger partial charge in [-0.05, 0) is 27.3 Å². The van der Waals surface area contributed by atoms with E-state index in [0.717, 1.165) is 13.1 Å². The zero-order valence-electron chi connectivity index (χ0n) is 9.35. The molecule has 76 valence electrons. The first kappa shape index (κ1) is 12.5. The molecule has 2 heteroatoms. The van der Waals surface area contributed by atoms with E-state index in [9.17, 15) is 0 Å². The van der Waals surface area contributed by atoms with Crippen molar-refractivity contribution in [2.45, 2.75) is 32.7 Å². The summed E-state index contributed by atoms with van der Waals surface area (Å²) in [7, 11) is 2.15. The Bertz CT molecular complexity index is 167. The van der Waals surface area contributed by atoms with Gasteiger partial charge < -0.3 is 5.32 Å². The molecular weight excluding hydrogens is 160 g/mol. The number of nitrogens with one attached hydrogen (secondary N) is 1. The highest BCUT2D eigenvalue weighted by atomic mass is 15.2. The molecular formula is C11H22N2. The monoisotopic (exact) mass is 182 g/mol. The lowest BCUT2D eigenvalue weighted by Crippen LogP contribution is -2.43. The number of hydrogen-bond donors (Lipinski definition) is 1. The smallest absolute Gasteiger partial charge is 0.0574 e. The van der Waals surface area contributed by atoms with Crippen molar-refractivity contribution in [1.82, 2.24) is 10.2 Å². The lowest BCUT2D eigenvalue weighted by molar-refractivity contribution is 0.152. The largest absolute Gasteiger partial charge is 0.305 e. The Balaban J connectivity index is 3.63. The van der Waals surface area contributed by atoms with Crippen LogP contribution in [0.15, 0.2) is 0 Å². The van der Waals surface area contributed by atoms with Crippen molar-refractivity contribution < 1.29 is 0 Å². The fourth-order valence-corrected chi connectivity index (χ4v) is 0.980. The molecule has 0 heterocycles. The number of nitrogens with zero attached hydrogens (tertiary/aromatic N) is 1. The molecule has 0 radical (unpaired) electrons. The Labute approximate surface area is 82.7 Å². The number of rotatable bonds is 6. The second-order valence-electron chi connectivity index (χ2n) is 3.97. The van der Waals surface area contributed by atoms with E-state index in [-0.39, 0.29) is 5.54 Å². The van der Waals surface area contributed by atoms with Crippen molar-refractivity contribution in [1.29, 1.82) is 0 Å². The minimum Gasteiger partial charge on any atom is -0.305 e. The minimum atomic E-state index is 0.290. The third-order valence-corrected chi connectivity index (χ3v) is 2.75. The van der Waals surface area contributed by atoms with Crippen LogP contribution in [0.25, 0.3) is 0 Å². The topological polar surface area (TPSA) is 15.3 Å². The van der Waals surface area contributed by atoms with E-state index in [1.165, 1.54) is 6.42 Å². The van der Waals surface area contributed by atoms with Gasteiger partial charge in [-0.1, -0.05) is 12.8 Å². The second-order valence-corrected chi connectivity index (χ2v) is 3.97. The summed E-state index contributed by atoms with van der Waals surface area (Å²) in [4.78, 5) is 2.36. The molecule has 0 aliphatic rings. The Morgan fingerprint density at radius 3 is 2.54 bits per heavy atom. The maximum atomic E-state index is 5.13. The fraction of sp³-hybridized carbons (Fsp3) is 0.818. The van der Waals surface area contributed by atoms with Crippen LogP contribution in [0.4, 0.5) is 0 Å². The van der Waals surface area contributed by atoms with E-state index in [4.69, 9.17) is 6.42 Å². The van der Waals surface area contributed by atoms with Gasteiger partial charge in [0, 0.05) is 18.6 Å². The summed E-state index contributed by atoms with van der Waals surface area (Å²) >= 11 is 0. The first-order chi connectivity index (χ1) is 6.04. The number of terminal acetylenes is 1. The summed E-state index contributed by atoms with van der Waals surface area (Å²) < 4.78 is 0. The van der Waals surface area contributed by atoms with Gasteiger partial charge in [0.1, 0.15) is 0 Å². The van der Waals surface area contributed by atoms with Gasteiger partial charge in [-0.2, -0.15) is 0 Å². The van der Waals surface area contributed by atoms with Crippen molar-refractivity contribution in [2.75, 3.05) is 26.7 Å². The summed E-state index contributed by atoms with van der Waals surface area (Å²) in [6.45, 7) is 9.40. The molecule has 0 saturated carbocycles. The summed E-state index contributed by atoms with van der Waals surface area (Å²) in [5, 5.41) is 3.18. The van der Waals surface area contributed by atoms with Crippen LogP contribution in [0.1, 0.15) is 27.2 Å². The lowest BCUT2D eigenvalue weighted by Gasteiger charge is -2.34. The molecule has 0 amide bonds. The summed E-state index contributed by atoms with van der Waals surface area (Å²) in [6, 6.07) is 0. The normalized spacial score (nSPS) is 11.7. The van der Waals surface area contributed by atoms with E-state index >= 15 is 0 Å². The summed E-state index contributed by atoms with van der Waals surface area (Å²) in [6.07, 6.45) is 6.30. The number of likely N-dealkylation sites (N-methyl/N-ethyl adjacent to an activating group) is 1. The standard InChI is InChI=1S/C11H22N2/c1-6-8-12-9-10-13(5)11(3,4)7-2/h1,12H,7-10H2,2-5H3. The molecule has 13 heavy (non-hydrogen) atoms. The zero-order valence-corrected chi connectivity index (χ0v) is 9.35. The van der Waals surface area contributed by atoms with Gasteiger partial charge in [0.25, 0.3) is 0 Å². The van der Waals surface area contributed by atoms with Gasteiger partial charge in [-0.25, -0.2) is 0 Å². The van der Waals surface area contributed by atoms with Gasteiger partial charge >= 0.3 is 0 Å². The Morgan fingerprint density at radius 2 is 2.08 bits per heavy atom. The Morgan fingerprint density at radius 1 is 1.46 bits per heavy atom. The number of hydrogen-bond acceptors (Lipinski definition) is 2. The molecule has 0 atom stereocenters. The average molecular weight is 182 g/mol. The zero-order chi connectivity index (χ0) is 10.3. The molecule has 0 fully saturated rings. The third kappa shape index (κ3) is 4.92. The van der Waals surface area contributed by atoms with E-state index in [1.54, 1.807) is 0 Å². The maximum Gasteiger partial charge on any atom is 0.0574 e. The Kier molecular flexibility index (Phi) is 5.77. The molecule has 0 aromatic heterocycles. The lowest BCUT2D eigenvalue weighted by atomic mass is 10.0. The van der Waals surface area contributed by atoms with E-state index in [0.29, 0.717) is 6.54 Å². The third-order valence-electron chi connectivity index (χ3n) is 2.75.